The maximum absolute atomic E-state index is 5.34. The molecule has 0 aliphatic heterocycles. The molecule has 0 aliphatic carbocycles. The normalized spacial score (nSPS) is 8.38. The molecule has 0 amide bonds. The Kier molecular flexibility index (Phi) is 8.05. The van der Waals surface area contributed by atoms with E-state index < -0.39 is 0 Å². The van der Waals surface area contributed by atoms with Gasteiger partial charge in [0.1, 0.15) is 0 Å². The minimum Gasteiger partial charge on any atom is -0.419 e. The van der Waals surface area contributed by atoms with Crippen LogP contribution < -0.4 is 5.73 Å². The van der Waals surface area contributed by atoms with Crippen LogP contribution in [0.5, 0.6) is 0 Å². The van der Waals surface area contributed by atoms with Gasteiger partial charge in [0.25, 0.3) is 0 Å². The van der Waals surface area contributed by atoms with E-state index >= 15 is 0 Å². The summed E-state index contributed by atoms with van der Waals surface area (Å²) in [6.45, 7) is 3.98. The van der Waals surface area contributed by atoms with Gasteiger partial charge in [0, 0.05) is 32.7 Å². The number of aromatic nitrogens is 1. The third-order valence-corrected chi connectivity index (χ3v) is 1.93. The fourth-order valence-corrected chi connectivity index (χ4v) is 0.912. The molecule has 0 saturated heterocycles. The van der Waals surface area contributed by atoms with Gasteiger partial charge in [-0.1, -0.05) is 31.4 Å². The molecule has 1 aromatic heterocycles. The molecular formula is C13H14N2Y-2. The van der Waals surface area contributed by atoms with Crippen LogP contribution >= 0.6 is 0 Å². The van der Waals surface area contributed by atoms with Crippen LogP contribution in [0.1, 0.15) is 11.3 Å². The molecule has 0 fully saturated rings. The van der Waals surface area contributed by atoms with E-state index in [-0.39, 0.29) is 32.7 Å². The van der Waals surface area contributed by atoms with Gasteiger partial charge in [-0.05, 0) is 0 Å². The van der Waals surface area contributed by atoms with E-state index in [1.165, 1.54) is 0 Å². The average molecular weight is 287 g/mol. The summed E-state index contributed by atoms with van der Waals surface area (Å²) in [7, 11) is 0. The van der Waals surface area contributed by atoms with Gasteiger partial charge in [-0.25, -0.2) is 0 Å². The second-order valence-electron chi connectivity index (χ2n) is 3.13. The van der Waals surface area contributed by atoms with Crippen molar-refractivity contribution in [3.05, 3.63) is 59.9 Å². The van der Waals surface area contributed by atoms with Crippen LogP contribution in [0.3, 0.4) is 0 Å². The second kappa shape index (κ2) is 8.43. The number of nitrogens with two attached hydrogens (primary N) is 1. The van der Waals surface area contributed by atoms with E-state index in [9.17, 15) is 0 Å². The number of rotatable bonds is 0. The number of hydrogen-bond donors (Lipinski definition) is 1. The summed E-state index contributed by atoms with van der Waals surface area (Å²) in [6, 6.07) is 14.9. The van der Waals surface area contributed by atoms with Crippen molar-refractivity contribution >= 4 is 5.69 Å². The van der Waals surface area contributed by atoms with E-state index in [1.807, 2.05) is 19.9 Å². The zero-order chi connectivity index (χ0) is 11.1. The van der Waals surface area contributed by atoms with E-state index in [4.69, 9.17) is 5.73 Å². The third-order valence-electron chi connectivity index (χ3n) is 1.93. The minimum atomic E-state index is 0. The molecule has 0 bridgehead atoms. The standard InChI is InChI=1S/C7H8N.C6H6N.Y/c1-6-4-3-5-8-7(6)2;7-6-4-2-1-3-5-6;/h3,5H,1-2H3;2-5H,7H2;/q2*-1;. The quantitative estimate of drug-likeness (QED) is 0.597. The maximum Gasteiger partial charge on any atom is 0 e. The van der Waals surface area contributed by atoms with E-state index in [0.29, 0.717) is 0 Å². The molecule has 0 spiro atoms. The number of anilines is 1. The van der Waals surface area contributed by atoms with Gasteiger partial charge in [-0.3, -0.25) is 0 Å². The van der Waals surface area contributed by atoms with Crippen molar-refractivity contribution in [2.45, 2.75) is 13.8 Å². The monoisotopic (exact) mass is 287 g/mol. The van der Waals surface area contributed by atoms with Crippen LogP contribution in [0, 0.1) is 26.0 Å². The SMILES string of the molecule is Cc1[c-]ccnc1C.Nc1cc[c-]cc1.[Y]. The first kappa shape index (κ1) is 15.3. The van der Waals surface area contributed by atoms with Gasteiger partial charge in [-0.15, -0.1) is 17.7 Å². The maximum atomic E-state index is 5.34. The molecule has 0 unspecified atom stereocenters. The third kappa shape index (κ3) is 5.99. The van der Waals surface area contributed by atoms with Crippen molar-refractivity contribution in [1.82, 2.24) is 4.98 Å². The molecule has 81 valence electrons. The van der Waals surface area contributed by atoms with Crippen LogP contribution in [0.25, 0.3) is 0 Å². The van der Waals surface area contributed by atoms with Crippen LogP contribution in [-0.4, -0.2) is 4.98 Å². The van der Waals surface area contributed by atoms with E-state index in [2.05, 4.69) is 17.1 Å². The summed E-state index contributed by atoms with van der Waals surface area (Å²) in [5, 5.41) is 0. The molecule has 1 radical (unpaired) electrons. The van der Waals surface area contributed by atoms with Crippen molar-refractivity contribution in [3.8, 4) is 0 Å². The molecule has 3 heteroatoms. The fourth-order valence-electron chi connectivity index (χ4n) is 0.912. The van der Waals surface area contributed by atoms with Crippen LogP contribution in [0.2, 0.25) is 0 Å². The smallest absolute Gasteiger partial charge is 0 e. The van der Waals surface area contributed by atoms with Crippen LogP contribution in [-0.2, 0) is 32.7 Å². The predicted molar refractivity (Wildman–Crippen MR) is 62.2 cm³/mol. The van der Waals surface area contributed by atoms with Gasteiger partial charge in [-0.2, -0.15) is 30.3 Å². The summed E-state index contributed by atoms with van der Waals surface area (Å²) in [5.74, 6) is 0. The number of benzene rings is 1. The second-order valence-corrected chi connectivity index (χ2v) is 3.13. The van der Waals surface area contributed by atoms with Gasteiger partial charge in [0.15, 0.2) is 0 Å². The van der Waals surface area contributed by atoms with Crippen molar-refractivity contribution < 1.29 is 32.7 Å². The van der Waals surface area contributed by atoms with Crippen LogP contribution in [0.15, 0.2) is 36.5 Å². The Labute approximate surface area is 122 Å². The topological polar surface area (TPSA) is 38.9 Å². The van der Waals surface area contributed by atoms with Gasteiger partial charge >= 0.3 is 0 Å². The zero-order valence-corrected chi connectivity index (χ0v) is 12.4. The zero-order valence-electron chi connectivity index (χ0n) is 9.57. The Bertz CT molecular complexity index is 381. The molecule has 1 aromatic carbocycles. The summed E-state index contributed by atoms with van der Waals surface area (Å²) >= 11 is 0. The first-order valence-electron chi connectivity index (χ1n) is 4.71. The molecule has 2 aromatic rings. The molecular weight excluding hydrogens is 273 g/mol. The molecule has 1 heterocycles. The van der Waals surface area contributed by atoms with Crippen LogP contribution in [0.4, 0.5) is 5.69 Å². The summed E-state index contributed by atoms with van der Waals surface area (Å²) in [5.41, 5.74) is 8.32. The van der Waals surface area contributed by atoms with Gasteiger partial charge < -0.3 is 10.7 Å². The Hall–Kier alpha value is -0.726. The van der Waals surface area contributed by atoms with Crippen molar-refractivity contribution in [2.75, 3.05) is 5.73 Å². The first-order chi connectivity index (χ1) is 7.20. The molecule has 0 aliphatic rings. The number of pyridine rings is 1. The summed E-state index contributed by atoms with van der Waals surface area (Å²) in [6.07, 6.45) is 1.75. The van der Waals surface area contributed by atoms with Gasteiger partial charge in [0.2, 0.25) is 0 Å². The summed E-state index contributed by atoms with van der Waals surface area (Å²) < 4.78 is 0. The van der Waals surface area contributed by atoms with E-state index in [0.717, 1.165) is 16.9 Å². The molecule has 2 nitrogen and oxygen atoms in total. The van der Waals surface area contributed by atoms with Crippen molar-refractivity contribution in [2.24, 2.45) is 0 Å². The van der Waals surface area contributed by atoms with Crippen molar-refractivity contribution in [1.29, 1.82) is 0 Å². The molecule has 16 heavy (non-hydrogen) atoms. The van der Waals surface area contributed by atoms with Gasteiger partial charge in [0.05, 0.1) is 0 Å². The Morgan fingerprint density at radius 1 is 1.12 bits per heavy atom. The fraction of sp³-hybridized carbons (Fsp3) is 0.154. The summed E-state index contributed by atoms with van der Waals surface area (Å²) in [4.78, 5) is 4.05. The number of hydrogen-bond acceptors (Lipinski definition) is 2. The number of nitrogen functional groups attached to an aromatic ring is 1. The molecule has 2 rings (SSSR count). The Morgan fingerprint density at radius 2 is 1.75 bits per heavy atom. The minimum absolute atomic E-state index is 0. The van der Waals surface area contributed by atoms with E-state index in [1.54, 1.807) is 30.5 Å². The predicted octanol–water partition coefficient (Wildman–Crippen LogP) is 2.57. The first-order valence-corrected chi connectivity index (χ1v) is 4.71. The van der Waals surface area contributed by atoms with Crippen molar-refractivity contribution in [3.63, 3.8) is 0 Å². The average Bonchev–Trinajstić information content (AvgIpc) is 2.25. The molecule has 0 saturated carbocycles. The largest absolute Gasteiger partial charge is 0.419 e. The molecule has 2 N–H and O–H groups in total. The Balaban J connectivity index is 0.000000267. The Morgan fingerprint density at radius 3 is 2.06 bits per heavy atom. The number of nitrogens with zero attached hydrogens (tertiary/aromatic N) is 1. The number of aryl methyl sites for hydroxylation is 2. The molecule has 0 atom stereocenters.